The summed E-state index contributed by atoms with van der Waals surface area (Å²) in [5.41, 5.74) is 1.98. The van der Waals surface area contributed by atoms with Crippen LogP contribution in [-0.2, 0) is 11.4 Å². The molecular weight excluding hydrogens is 447 g/mol. The number of ether oxygens (including phenoxy) is 2. The predicted octanol–water partition coefficient (Wildman–Crippen LogP) is 3.45. The number of halogens is 1. The Morgan fingerprint density at radius 3 is 2.42 bits per heavy atom. The normalized spacial score (nSPS) is 14.9. The van der Waals surface area contributed by atoms with Crippen LogP contribution < -0.4 is 20.1 Å². The number of amides is 3. The Kier molecular flexibility index (Phi) is 5.77. The molecule has 2 aromatic carbocycles. The van der Waals surface area contributed by atoms with Crippen LogP contribution in [0, 0.1) is 3.57 Å². The molecule has 0 saturated carbocycles. The fourth-order valence-electron chi connectivity index (χ4n) is 2.39. The summed E-state index contributed by atoms with van der Waals surface area (Å²) >= 11 is 2.26. The van der Waals surface area contributed by atoms with Crippen LogP contribution in [0.5, 0.6) is 11.5 Å². The van der Waals surface area contributed by atoms with E-state index in [1.807, 2.05) is 31.2 Å². The Balaban J connectivity index is 1.78. The maximum atomic E-state index is 11.6. The molecule has 3 amide bonds. The van der Waals surface area contributed by atoms with Gasteiger partial charge in [0, 0.05) is 3.57 Å². The summed E-state index contributed by atoms with van der Waals surface area (Å²) < 4.78 is 12.7. The Morgan fingerprint density at radius 2 is 1.77 bits per heavy atom. The highest BCUT2D eigenvalue weighted by molar-refractivity contribution is 14.1. The molecule has 7 heteroatoms. The lowest BCUT2D eigenvalue weighted by Gasteiger charge is -2.13. The van der Waals surface area contributed by atoms with Crippen molar-refractivity contribution in [3.8, 4) is 11.5 Å². The molecule has 134 valence electrons. The summed E-state index contributed by atoms with van der Waals surface area (Å²) in [7, 11) is 0. The van der Waals surface area contributed by atoms with Gasteiger partial charge >= 0.3 is 6.03 Å². The molecule has 0 spiro atoms. The number of nitrogens with one attached hydrogen (secondary N) is 2. The lowest BCUT2D eigenvalue weighted by Crippen LogP contribution is -2.22. The van der Waals surface area contributed by atoms with Gasteiger partial charge in [-0.1, -0.05) is 18.2 Å². The number of benzene rings is 2. The molecule has 1 saturated heterocycles. The van der Waals surface area contributed by atoms with Crippen molar-refractivity contribution in [3.63, 3.8) is 0 Å². The minimum Gasteiger partial charge on any atom is -0.490 e. The molecule has 1 aliphatic heterocycles. The van der Waals surface area contributed by atoms with E-state index in [9.17, 15) is 9.59 Å². The number of hydrogen-bond donors (Lipinski definition) is 2. The van der Waals surface area contributed by atoms with Gasteiger partial charge in [-0.15, -0.1) is 0 Å². The number of carbonyl (C=O) groups is 2. The molecule has 0 aromatic heterocycles. The summed E-state index contributed by atoms with van der Waals surface area (Å²) in [4.78, 5) is 22.8. The summed E-state index contributed by atoms with van der Waals surface area (Å²) in [6.45, 7) is 2.80. The second-order valence-corrected chi connectivity index (χ2v) is 6.77. The van der Waals surface area contributed by atoms with Gasteiger partial charge in [0.25, 0.3) is 5.91 Å². The van der Waals surface area contributed by atoms with E-state index in [0.29, 0.717) is 24.7 Å². The Morgan fingerprint density at radius 1 is 1.00 bits per heavy atom. The fourth-order valence-corrected chi connectivity index (χ4v) is 2.75. The number of rotatable bonds is 6. The molecule has 0 radical (unpaired) electrons. The first kappa shape index (κ1) is 18.2. The van der Waals surface area contributed by atoms with Crippen LogP contribution in [-0.4, -0.2) is 18.5 Å². The third-order valence-corrected chi connectivity index (χ3v) is 4.33. The van der Waals surface area contributed by atoms with Gasteiger partial charge in [-0.3, -0.25) is 10.1 Å². The lowest BCUT2D eigenvalue weighted by molar-refractivity contribution is -0.115. The van der Waals surface area contributed by atoms with Gasteiger partial charge in [-0.25, -0.2) is 4.79 Å². The number of hydrogen-bond acceptors (Lipinski definition) is 4. The van der Waals surface area contributed by atoms with Crippen molar-refractivity contribution < 1.29 is 19.1 Å². The van der Waals surface area contributed by atoms with E-state index in [2.05, 4.69) is 33.2 Å². The summed E-state index contributed by atoms with van der Waals surface area (Å²) in [6.07, 6.45) is 1.59. The fraction of sp³-hybridized carbons (Fsp3) is 0.158. The smallest absolute Gasteiger partial charge is 0.326 e. The van der Waals surface area contributed by atoms with Crippen LogP contribution in [0.25, 0.3) is 6.08 Å². The average Bonchev–Trinajstić information content (AvgIpc) is 2.93. The van der Waals surface area contributed by atoms with Crippen LogP contribution >= 0.6 is 22.6 Å². The van der Waals surface area contributed by atoms with Crippen LogP contribution in [0.1, 0.15) is 18.1 Å². The molecule has 26 heavy (non-hydrogen) atoms. The van der Waals surface area contributed by atoms with Gasteiger partial charge in [-0.05, 0) is 71.0 Å². The number of urea groups is 1. The zero-order chi connectivity index (χ0) is 18.5. The first-order valence-corrected chi connectivity index (χ1v) is 9.11. The number of carbonyl (C=O) groups excluding carboxylic acids is 2. The summed E-state index contributed by atoms with van der Waals surface area (Å²) in [6, 6.07) is 12.9. The summed E-state index contributed by atoms with van der Waals surface area (Å²) in [5, 5.41) is 4.63. The monoisotopic (exact) mass is 464 g/mol. The Bertz CT molecular complexity index is 862. The number of imide groups is 1. The highest BCUT2D eigenvalue weighted by atomic mass is 127. The van der Waals surface area contributed by atoms with Gasteiger partial charge in [0.1, 0.15) is 12.3 Å². The SMILES string of the molecule is CCOc1cc(/C=C2/NC(=O)NC2=O)ccc1OCc1ccc(I)cc1. The molecular formula is C19H17IN2O4. The van der Waals surface area contributed by atoms with E-state index >= 15 is 0 Å². The minimum atomic E-state index is -0.524. The molecule has 2 N–H and O–H groups in total. The largest absolute Gasteiger partial charge is 0.490 e. The highest BCUT2D eigenvalue weighted by Gasteiger charge is 2.22. The minimum absolute atomic E-state index is 0.199. The molecule has 1 aliphatic rings. The van der Waals surface area contributed by atoms with Crippen molar-refractivity contribution in [2.45, 2.75) is 13.5 Å². The summed E-state index contributed by atoms with van der Waals surface area (Å²) in [5.74, 6) is 0.747. The van der Waals surface area contributed by atoms with Crippen LogP contribution in [0.3, 0.4) is 0 Å². The maximum Gasteiger partial charge on any atom is 0.326 e. The zero-order valence-electron chi connectivity index (χ0n) is 14.0. The van der Waals surface area contributed by atoms with Crippen LogP contribution in [0.15, 0.2) is 48.2 Å². The van der Waals surface area contributed by atoms with E-state index in [-0.39, 0.29) is 5.70 Å². The van der Waals surface area contributed by atoms with Crippen LogP contribution in [0.4, 0.5) is 4.79 Å². The molecule has 0 atom stereocenters. The first-order valence-electron chi connectivity index (χ1n) is 8.03. The van der Waals surface area contributed by atoms with Gasteiger partial charge in [0.05, 0.1) is 6.61 Å². The molecule has 0 bridgehead atoms. The van der Waals surface area contributed by atoms with E-state index in [1.165, 1.54) is 3.57 Å². The highest BCUT2D eigenvalue weighted by Crippen LogP contribution is 2.30. The topological polar surface area (TPSA) is 76.7 Å². The zero-order valence-corrected chi connectivity index (χ0v) is 16.2. The van der Waals surface area contributed by atoms with E-state index in [1.54, 1.807) is 24.3 Å². The van der Waals surface area contributed by atoms with E-state index in [4.69, 9.17) is 9.47 Å². The third kappa shape index (κ3) is 4.54. The van der Waals surface area contributed by atoms with Crippen molar-refractivity contribution in [2.75, 3.05) is 6.61 Å². The van der Waals surface area contributed by atoms with Crippen molar-refractivity contribution in [1.29, 1.82) is 0 Å². The Hall–Kier alpha value is -2.55. The lowest BCUT2D eigenvalue weighted by atomic mass is 10.1. The standard InChI is InChI=1S/C19H17IN2O4/c1-2-25-17-10-13(9-15-18(23)22-19(24)21-15)5-8-16(17)26-11-12-3-6-14(20)7-4-12/h3-10H,2,11H2,1H3,(H2,21,22,23,24)/b15-9+. The van der Waals surface area contributed by atoms with Crippen molar-refractivity contribution in [3.05, 3.63) is 62.9 Å². The van der Waals surface area contributed by atoms with Gasteiger partial charge in [0.2, 0.25) is 0 Å². The molecule has 2 aromatic rings. The van der Waals surface area contributed by atoms with Crippen molar-refractivity contribution >= 4 is 40.6 Å². The molecule has 6 nitrogen and oxygen atoms in total. The van der Waals surface area contributed by atoms with E-state index in [0.717, 1.165) is 11.1 Å². The van der Waals surface area contributed by atoms with Gasteiger partial charge in [-0.2, -0.15) is 0 Å². The molecule has 0 unspecified atom stereocenters. The average molecular weight is 464 g/mol. The molecule has 1 heterocycles. The van der Waals surface area contributed by atoms with Crippen LogP contribution in [0.2, 0.25) is 0 Å². The molecule has 0 aliphatic carbocycles. The van der Waals surface area contributed by atoms with Crippen molar-refractivity contribution in [2.24, 2.45) is 0 Å². The Labute approximate surface area is 164 Å². The predicted molar refractivity (Wildman–Crippen MR) is 106 cm³/mol. The molecule has 1 fully saturated rings. The second kappa shape index (κ2) is 8.22. The van der Waals surface area contributed by atoms with E-state index < -0.39 is 11.9 Å². The first-order chi connectivity index (χ1) is 12.5. The van der Waals surface area contributed by atoms with Gasteiger partial charge in [0.15, 0.2) is 11.5 Å². The quantitative estimate of drug-likeness (QED) is 0.390. The van der Waals surface area contributed by atoms with Crippen molar-refractivity contribution in [1.82, 2.24) is 10.6 Å². The maximum absolute atomic E-state index is 11.6. The van der Waals surface area contributed by atoms with Gasteiger partial charge < -0.3 is 14.8 Å². The molecule has 3 rings (SSSR count). The third-order valence-electron chi connectivity index (χ3n) is 3.61. The second-order valence-electron chi connectivity index (χ2n) is 5.52.